The van der Waals surface area contributed by atoms with E-state index in [1.54, 1.807) is 16.7 Å². The molecule has 0 bridgehead atoms. The molecule has 0 atom stereocenters. The average Bonchev–Trinajstić information content (AvgIpc) is 2.38. The Morgan fingerprint density at radius 1 is 1.38 bits per heavy atom. The molecule has 21 heavy (non-hydrogen) atoms. The van der Waals surface area contributed by atoms with Gasteiger partial charge in [0.15, 0.2) is 0 Å². The fourth-order valence-electron chi connectivity index (χ4n) is 2.31. The lowest BCUT2D eigenvalue weighted by molar-refractivity contribution is 0.208. The van der Waals surface area contributed by atoms with Crippen LogP contribution >= 0.6 is 12.4 Å². The summed E-state index contributed by atoms with van der Waals surface area (Å²) in [6.45, 7) is 6.40. The van der Waals surface area contributed by atoms with Gasteiger partial charge in [-0.3, -0.25) is 14.1 Å². The second-order valence-electron chi connectivity index (χ2n) is 6.06. The lowest BCUT2D eigenvalue weighted by Crippen LogP contribution is -2.36. The van der Waals surface area contributed by atoms with E-state index in [-0.39, 0.29) is 23.4 Å². The van der Waals surface area contributed by atoms with Gasteiger partial charge in [0.25, 0.3) is 5.56 Å². The minimum Gasteiger partial charge on any atom is -0.330 e. The molecule has 5 nitrogen and oxygen atoms in total. The number of nitrogens with two attached hydrogens (primary N) is 1. The highest BCUT2D eigenvalue weighted by Crippen LogP contribution is 2.15. The highest BCUT2D eigenvalue weighted by molar-refractivity contribution is 5.85. The molecule has 0 aliphatic heterocycles. The van der Waals surface area contributed by atoms with Crippen LogP contribution in [0.2, 0.25) is 0 Å². The zero-order valence-corrected chi connectivity index (χ0v) is 13.6. The number of hydrogen-bond acceptors (Lipinski definition) is 4. The average molecular weight is 311 g/mol. The van der Waals surface area contributed by atoms with Crippen molar-refractivity contribution in [2.75, 3.05) is 20.1 Å². The van der Waals surface area contributed by atoms with Gasteiger partial charge in [0, 0.05) is 25.4 Å². The van der Waals surface area contributed by atoms with E-state index in [9.17, 15) is 4.79 Å². The van der Waals surface area contributed by atoms with Crippen LogP contribution in [0.1, 0.15) is 19.5 Å². The number of aromatic nitrogens is 2. The van der Waals surface area contributed by atoms with Crippen molar-refractivity contribution < 1.29 is 0 Å². The third kappa shape index (κ3) is 4.52. The van der Waals surface area contributed by atoms with Crippen molar-refractivity contribution in [2.45, 2.75) is 20.4 Å². The Labute approximate surface area is 131 Å². The molecule has 0 fully saturated rings. The molecule has 0 saturated carbocycles. The Morgan fingerprint density at radius 2 is 2.10 bits per heavy atom. The van der Waals surface area contributed by atoms with E-state index in [0.29, 0.717) is 18.7 Å². The quantitative estimate of drug-likeness (QED) is 0.910. The minimum absolute atomic E-state index is 0. The van der Waals surface area contributed by atoms with Crippen molar-refractivity contribution >= 4 is 18.1 Å². The SMILES string of the molecule is CN(Cc1cc(=O)n2ccccc2n1)CC(C)(C)CN.Cl. The molecule has 116 valence electrons. The van der Waals surface area contributed by atoms with E-state index < -0.39 is 0 Å². The van der Waals surface area contributed by atoms with E-state index in [4.69, 9.17) is 5.73 Å². The molecule has 2 aromatic heterocycles. The standard InChI is InChI=1S/C15H22N4O.ClH/c1-15(2,10-16)11-18(3)9-12-8-14(20)19-7-5-4-6-13(19)17-12;/h4-8H,9-11,16H2,1-3H3;1H. The van der Waals surface area contributed by atoms with Crippen LogP contribution in [0.5, 0.6) is 0 Å². The van der Waals surface area contributed by atoms with Crippen molar-refractivity contribution in [3.8, 4) is 0 Å². The molecule has 2 rings (SSSR count). The van der Waals surface area contributed by atoms with Crippen molar-refractivity contribution in [3.63, 3.8) is 0 Å². The van der Waals surface area contributed by atoms with Gasteiger partial charge in [-0.05, 0) is 31.1 Å². The molecule has 0 aliphatic carbocycles. The van der Waals surface area contributed by atoms with Crippen molar-refractivity contribution in [2.24, 2.45) is 11.1 Å². The second kappa shape index (κ2) is 7.02. The summed E-state index contributed by atoms with van der Waals surface area (Å²) >= 11 is 0. The molecule has 0 amide bonds. The molecule has 0 saturated heterocycles. The van der Waals surface area contributed by atoms with Crippen molar-refractivity contribution in [1.82, 2.24) is 14.3 Å². The maximum Gasteiger partial charge on any atom is 0.258 e. The van der Waals surface area contributed by atoms with Crippen LogP contribution in [0.25, 0.3) is 5.65 Å². The monoisotopic (exact) mass is 310 g/mol. The molecule has 2 aromatic rings. The van der Waals surface area contributed by atoms with Crippen LogP contribution in [-0.4, -0.2) is 34.4 Å². The first-order valence-corrected chi connectivity index (χ1v) is 6.77. The largest absolute Gasteiger partial charge is 0.330 e. The molecule has 2 heterocycles. The van der Waals surface area contributed by atoms with E-state index in [2.05, 4.69) is 23.7 Å². The van der Waals surface area contributed by atoms with Gasteiger partial charge in [-0.1, -0.05) is 19.9 Å². The predicted octanol–water partition coefficient (Wildman–Crippen LogP) is 1.53. The van der Waals surface area contributed by atoms with Crippen molar-refractivity contribution in [3.05, 3.63) is 46.5 Å². The number of rotatable bonds is 5. The van der Waals surface area contributed by atoms with Gasteiger partial charge in [0.2, 0.25) is 0 Å². The minimum atomic E-state index is -0.0444. The first-order valence-electron chi connectivity index (χ1n) is 6.77. The van der Waals surface area contributed by atoms with Crippen LogP contribution in [0, 0.1) is 5.41 Å². The lowest BCUT2D eigenvalue weighted by Gasteiger charge is -2.28. The Morgan fingerprint density at radius 3 is 2.76 bits per heavy atom. The number of pyridine rings is 1. The first-order chi connectivity index (χ1) is 9.41. The van der Waals surface area contributed by atoms with Crippen LogP contribution in [0.3, 0.4) is 0 Å². The summed E-state index contributed by atoms with van der Waals surface area (Å²) in [6.07, 6.45) is 1.73. The second-order valence-corrected chi connectivity index (χ2v) is 6.06. The third-order valence-electron chi connectivity index (χ3n) is 3.31. The Hall–Kier alpha value is -1.43. The van der Waals surface area contributed by atoms with Crippen LogP contribution in [0.4, 0.5) is 0 Å². The van der Waals surface area contributed by atoms with Crippen LogP contribution < -0.4 is 11.3 Å². The summed E-state index contributed by atoms with van der Waals surface area (Å²) in [6, 6.07) is 7.14. The number of fused-ring (bicyclic) bond motifs is 1. The number of nitrogens with zero attached hydrogens (tertiary/aromatic N) is 3. The topological polar surface area (TPSA) is 63.6 Å². The van der Waals surface area contributed by atoms with Crippen LogP contribution in [0.15, 0.2) is 35.3 Å². The highest BCUT2D eigenvalue weighted by Gasteiger charge is 2.18. The summed E-state index contributed by atoms with van der Waals surface area (Å²) in [5.74, 6) is 0. The van der Waals surface area contributed by atoms with Gasteiger partial charge in [-0.2, -0.15) is 0 Å². The van der Waals surface area contributed by atoms with Gasteiger partial charge >= 0.3 is 0 Å². The molecule has 0 unspecified atom stereocenters. The Bertz CT molecular complexity index is 653. The molecule has 2 N–H and O–H groups in total. The van der Waals surface area contributed by atoms with Gasteiger partial charge in [0.1, 0.15) is 5.65 Å². The fourth-order valence-corrected chi connectivity index (χ4v) is 2.31. The zero-order valence-electron chi connectivity index (χ0n) is 12.7. The molecule has 0 aromatic carbocycles. The maximum absolute atomic E-state index is 12.0. The number of halogens is 1. The predicted molar refractivity (Wildman–Crippen MR) is 87.9 cm³/mol. The van der Waals surface area contributed by atoms with Gasteiger partial charge in [-0.25, -0.2) is 4.98 Å². The molecular weight excluding hydrogens is 288 g/mol. The van der Waals surface area contributed by atoms with Crippen molar-refractivity contribution in [1.29, 1.82) is 0 Å². The maximum atomic E-state index is 12.0. The normalized spacial score (nSPS) is 11.7. The summed E-state index contributed by atoms with van der Waals surface area (Å²) < 4.78 is 1.55. The van der Waals surface area contributed by atoms with E-state index in [1.807, 2.05) is 25.2 Å². The molecular formula is C15H23ClN4O. The van der Waals surface area contributed by atoms with Gasteiger partial charge in [-0.15, -0.1) is 12.4 Å². The first kappa shape index (κ1) is 17.6. The van der Waals surface area contributed by atoms with E-state index in [1.165, 1.54) is 0 Å². The van der Waals surface area contributed by atoms with Gasteiger partial charge < -0.3 is 5.73 Å². The fraction of sp³-hybridized carbons (Fsp3) is 0.467. The zero-order chi connectivity index (χ0) is 14.8. The molecule has 0 radical (unpaired) electrons. The van der Waals surface area contributed by atoms with Gasteiger partial charge in [0.05, 0.1) is 5.69 Å². The summed E-state index contributed by atoms with van der Waals surface area (Å²) in [5.41, 5.74) is 7.23. The molecule has 6 heteroatoms. The Kier molecular flexibility index (Phi) is 5.89. The third-order valence-corrected chi connectivity index (χ3v) is 3.31. The number of hydrogen-bond donors (Lipinski definition) is 1. The molecule has 0 spiro atoms. The lowest BCUT2D eigenvalue weighted by atomic mass is 9.93. The highest BCUT2D eigenvalue weighted by atomic mass is 35.5. The van der Waals surface area contributed by atoms with Crippen LogP contribution in [-0.2, 0) is 6.54 Å². The summed E-state index contributed by atoms with van der Waals surface area (Å²) in [5, 5.41) is 0. The summed E-state index contributed by atoms with van der Waals surface area (Å²) in [7, 11) is 2.02. The summed E-state index contributed by atoms with van der Waals surface area (Å²) in [4.78, 5) is 18.7. The smallest absolute Gasteiger partial charge is 0.258 e. The Balaban J connectivity index is 0.00000220. The van der Waals surface area contributed by atoms with E-state index >= 15 is 0 Å². The van der Waals surface area contributed by atoms with E-state index in [0.717, 1.165) is 12.2 Å². The molecule has 0 aliphatic rings.